The highest BCUT2D eigenvalue weighted by molar-refractivity contribution is 7.52. The zero-order valence-corrected chi connectivity index (χ0v) is 17.2. The van der Waals surface area contributed by atoms with Gasteiger partial charge in [0, 0.05) is 5.56 Å². The molecule has 3 rings (SSSR count). The Morgan fingerprint density at radius 3 is 2.41 bits per heavy atom. The predicted molar refractivity (Wildman–Crippen MR) is 114 cm³/mol. The van der Waals surface area contributed by atoms with Crippen molar-refractivity contribution in [2.24, 2.45) is 0 Å². The molecule has 0 saturated heterocycles. The van der Waals surface area contributed by atoms with Crippen molar-refractivity contribution in [3.05, 3.63) is 77.9 Å². The van der Waals surface area contributed by atoms with Gasteiger partial charge in [0.15, 0.2) is 0 Å². The van der Waals surface area contributed by atoms with Crippen LogP contribution in [0.15, 0.2) is 66.7 Å². The third-order valence-corrected chi connectivity index (χ3v) is 6.14. The first-order chi connectivity index (χ1) is 13.9. The summed E-state index contributed by atoms with van der Waals surface area (Å²) in [4.78, 5) is 22.6. The summed E-state index contributed by atoms with van der Waals surface area (Å²) in [5.74, 6) is -1.61. The fourth-order valence-corrected chi connectivity index (χ4v) is 4.72. The molecule has 29 heavy (non-hydrogen) atoms. The number of hydrogen-bond acceptors (Lipinski definition) is 3. The van der Waals surface area contributed by atoms with Crippen LogP contribution in [-0.2, 0) is 15.5 Å². The zero-order valence-electron chi connectivity index (χ0n) is 16.3. The van der Waals surface area contributed by atoms with Gasteiger partial charge in [-0.2, -0.15) is 0 Å². The Kier molecular flexibility index (Phi) is 6.73. The van der Waals surface area contributed by atoms with E-state index in [9.17, 15) is 19.4 Å². The van der Waals surface area contributed by atoms with E-state index in [4.69, 9.17) is 4.52 Å². The summed E-state index contributed by atoms with van der Waals surface area (Å²) in [5.41, 5.74) is 1.15. The first kappa shape index (κ1) is 21.1. The van der Waals surface area contributed by atoms with Gasteiger partial charge in [0.2, 0.25) is 0 Å². The molecule has 2 atom stereocenters. The van der Waals surface area contributed by atoms with Gasteiger partial charge in [-0.1, -0.05) is 80.4 Å². The molecule has 5 nitrogen and oxygen atoms in total. The lowest BCUT2D eigenvalue weighted by atomic mass is 9.89. The molecule has 0 aromatic heterocycles. The SMILES string of the molecule is CCCCC(C(=O)O)c1c(OP(=O)(O)Cc2ccccc2)ccc2ccccc12. The Morgan fingerprint density at radius 1 is 1.03 bits per heavy atom. The number of aliphatic carboxylic acids is 1. The van der Waals surface area contributed by atoms with E-state index in [1.165, 1.54) is 0 Å². The van der Waals surface area contributed by atoms with Crippen LogP contribution in [0.2, 0.25) is 0 Å². The molecule has 0 radical (unpaired) electrons. The number of benzene rings is 3. The summed E-state index contributed by atoms with van der Waals surface area (Å²) in [5, 5.41) is 11.5. The maximum Gasteiger partial charge on any atom is 0.380 e. The molecule has 3 aromatic rings. The molecule has 0 heterocycles. The smallest absolute Gasteiger partial charge is 0.380 e. The van der Waals surface area contributed by atoms with Crippen LogP contribution in [-0.4, -0.2) is 16.0 Å². The van der Waals surface area contributed by atoms with E-state index >= 15 is 0 Å². The second kappa shape index (κ2) is 9.25. The van der Waals surface area contributed by atoms with Gasteiger partial charge < -0.3 is 14.5 Å². The summed E-state index contributed by atoms with van der Waals surface area (Å²) in [7, 11) is -4.03. The molecule has 2 unspecified atom stereocenters. The monoisotopic (exact) mass is 412 g/mol. The minimum Gasteiger partial charge on any atom is -0.481 e. The van der Waals surface area contributed by atoms with Crippen LogP contribution in [0.3, 0.4) is 0 Å². The largest absolute Gasteiger partial charge is 0.481 e. The minimum atomic E-state index is -4.03. The molecule has 3 aromatic carbocycles. The molecule has 6 heteroatoms. The van der Waals surface area contributed by atoms with Gasteiger partial charge in [0.05, 0.1) is 12.1 Å². The highest BCUT2D eigenvalue weighted by atomic mass is 31.2. The minimum absolute atomic E-state index is 0.146. The fourth-order valence-electron chi connectivity index (χ4n) is 3.51. The van der Waals surface area contributed by atoms with Gasteiger partial charge in [0.25, 0.3) is 0 Å². The molecule has 0 saturated carbocycles. The van der Waals surface area contributed by atoms with Crippen molar-refractivity contribution in [3.8, 4) is 5.75 Å². The molecule has 152 valence electrons. The van der Waals surface area contributed by atoms with E-state index in [0.29, 0.717) is 17.5 Å². The van der Waals surface area contributed by atoms with Crippen LogP contribution in [0.5, 0.6) is 5.75 Å². The molecule has 0 aliphatic heterocycles. The van der Waals surface area contributed by atoms with Crippen LogP contribution < -0.4 is 4.52 Å². The number of hydrogen-bond donors (Lipinski definition) is 2. The number of unbranched alkanes of at least 4 members (excludes halogenated alkanes) is 1. The third kappa shape index (κ3) is 5.26. The van der Waals surface area contributed by atoms with Crippen molar-refractivity contribution >= 4 is 24.3 Å². The Balaban J connectivity index is 2.04. The number of carboxylic acids is 1. The van der Waals surface area contributed by atoms with E-state index in [2.05, 4.69) is 0 Å². The summed E-state index contributed by atoms with van der Waals surface area (Å²) in [6.07, 6.45) is 1.88. The molecular weight excluding hydrogens is 387 g/mol. The second-order valence-electron chi connectivity index (χ2n) is 7.10. The maximum absolute atomic E-state index is 12.8. The van der Waals surface area contributed by atoms with Gasteiger partial charge in [-0.15, -0.1) is 0 Å². The summed E-state index contributed by atoms with van der Waals surface area (Å²) in [6.45, 7) is 2.00. The van der Waals surface area contributed by atoms with Gasteiger partial charge >= 0.3 is 13.6 Å². The van der Waals surface area contributed by atoms with Gasteiger partial charge in [-0.05, 0) is 28.8 Å². The number of rotatable bonds is 9. The van der Waals surface area contributed by atoms with Crippen molar-refractivity contribution in [3.63, 3.8) is 0 Å². The molecule has 0 spiro atoms. The predicted octanol–water partition coefficient (Wildman–Crippen LogP) is 5.96. The number of carbonyl (C=O) groups is 1. The topological polar surface area (TPSA) is 83.8 Å². The average molecular weight is 412 g/mol. The van der Waals surface area contributed by atoms with Crippen molar-refractivity contribution in [2.75, 3.05) is 0 Å². The van der Waals surface area contributed by atoms with Crippen LogP contribution in [0.25, 0.3) is 10.8 Å². The van der Waals surface area contributed by atoms with E-state index in [-0.39, 0.29) is 11.9 Å². The Hall–Kier alpha value is -2.62. The Morgan fingerprint density at radius 2 is 1.72 bits per heavy atom. The zero-order chi connectivity index (χ0) is 20.9. The maximum atomic E-state index is 12.8. The van der Waals surface area contributed by atoms with Gasteiger partial charge in [-0.3, -0.25) is 4.79 Å². The number of fused-ring (bicyclic) bond motifs is 1. The van der Waals surface area contributed by atoms with E-state index in [1.54, 1.807) is 36.4 Å². The molecule has 0 aliphatic carbocycles. The lowest BCUT2D eigenvalue weighted by Crippen LogP contribution is -2.14. The van der Waals surface area contributed by atoms with E-state index < -0.39 is 19.5 Å². The molecule has 2 N–H and O–H groups in total. The van der Waals surface area contributed by atoms with Gasteiger partial charge in [0.1, 0.15) is 5.75 Å². The van der Waals surface area contributed by atoms with Gasteiger partial charge in [-0.25, -0.2) is 4.57 Å². The summed E-state index contributed by atoms with van der Waals surface area (Å²) < 4.78 is 18.4. The first-order valence-corrected chi connectivity index (χ1v) is 11.5. The van der Waals surface area contributed by atoms with Crippen molar-refractivity contribution in [1.29, 1.82) is 0 Å². The lowest BCUT2D eigenvalue weighted by molar-refractivity contribution is -0.139. The fraction of sp³-hybridized carbons (Fsp3) is 0.261. The lowest BCUT2D eigenvalue weighted by Gasteiger charge is -2.22. The molecular formula is C23H25O5P. The van der Waals surface area contributed by atoms with Crippen molar-refractivity contribution in [1.82, 2.24) is 0 Å². The van der Waals surface area contributed by atoms with Crippen LogP contribution in [0.1, 0.15) is 43.2 Å². The molecule has 0 fully saturated rings. The first-order valence-electron chi connectivity index (χ1n) is 9.71. The van der Waals surface area contributed by atoms with Crippen LogP contribution in [0.4, 0.5) is 0 Å². The standard InChI is InChI=1S/C23H25O5P/c1-2-3-12-20(23(24)25)22-19-13-8-7-11-18(19)14-15-21(22)28-29(26,27)16-17-9-5-4-6-10-17/h4-11,13-15,20H,2-3,12,16H2,1H3,(H,24,25)(H,26,27). The van der Waals surface area contributed by atoms with Crippen molar-refractivity contribution in [2.45, 2.75) is 38.3 Å². The van der Waals surface area contributed by atoms with E-state index in [0.717, 1.165) is 23.6 Å². The molecule has 0 aliphatic rings. The highest BCUT2D eigenvalue weighted by Gasteiger charge is 2.29. The van der Waals surface area contributed by atoms with E-state index in [1.807, 2.05) is 37.3 Å². The summed E-state index contributed by atoms with van der Waals surface area (Å²) >= 11 is 0. The normalized spacial score (nSPS) is 14.3. The Labute approximate surface area is 170 Å². The van der Waals surface area contributed by atoms with Crippen LogP contribution >= 0.6 is 7.60 Å². The van der Waals surface area contributed by atoms with Crippen LogP contribution in [0, 0.1) is 0 Å². The quantitative estimate of drug-likeness (QED) is 0.424. The molecule has 0 bridgehead atoms. The highest BCUT2D eigenvalue weighted by Crippen LogP contribution is 2.49. The summed E-state index contributed by atoms with van der Waals surface area (Å²) in [6, 6.07) is 19.8. The number of carboxylic acid groups (broad SMARTS) is 1. The Bertz CT molecular complexity index is 1030. The van der Waals surface area contributed by atoms with Crippen molar-refractivity contribution < 1.29 is 23.9 Å². The molecule has 0 amide bonds. The second-order valence-corrected chi connectivity index (χ2v) is 8.88. The third-order valence-electron chi connectivity index (χ3n) is 4.89. The average Bonchev–Trinajstić information content (AvgIpc) is 2.69.